The zero-order valence-corrected chi connectivity index (χ0v) is 9.49. The van der Waals surface area contributed by atoms with Gasteiger partial charge in [0.25, 0.3) is 6.48 Å². The maximum atomic E-state index is 5.57. The van der Waals surface area contributed by atoms with Crippen LogP contribution in [0.25, 0.3) is 0 Å². The first-order valence-electron chi connectivity index (χ1n) is 5.35. The van der Waals surface area contributed by atoms with E-state index in [2.05, 4.69) is 0 Å². The Labute approximate surface area is 93.7 Å². The van der Waals surface area contributed by atoms with Crippen LogP contribution in [0.2, 0.25) is 0 Å². The van der Waals surface area contributed by atoms with Crippen LogP contribution in [0.15, 0.2) is 0 Å². The van der Waals surface area contributed by atoms with Gasteiger partial charge >= 0.3 is 0 Å². The Bertz CT molecular complexity index is 217. The first-order valence-corrected chi connectivity index (χ1v) is 5.35. The highest BCUT2D eigenvalue weighted by molar-refractivity contribution is 5.07. The zero-order valence-electron chi connectivity index (χ0n) is 9.49. The van der Waals surface area contributed by atoms with Gasteiger partial charge in [0.05, 0.1) is 0 Å². The average Bonchev–Trinajstić information content (AvgIpc) is 2.29. The van der Waals surface area contributed by atoms with Crippen LogP contribution in [0.3, 0.4) is 0 Å². The summed E-state index contributed by atoms with van der Waals surface area (Å²) in [6, 6.07) is 0. The van der Waals surface area contributed by atoms with Gasteiger partial charge in [-0.1, -0.05) is 0 Å². The molecule has 92 valence electrons. The molecule has 3 saturated heterocycles. The molecule has 0 unspecified atom stereocenters. The van der Waals surface area contributed by atoms with Crippen molar-refractivity contribution >= 4 is 0 Å². The SMILES string of the molecule is COC1C2OC3O[C@H]1C(OC)[C@H](O3)[C@H]2OC. The lowest BCUT2D eigenvalue weighted by atomic mass is 9.82. The third-order valence-corrected chi connectivity index (χ3v) is 3.56. The number of hydrogen-bond acceptors (Lipinski definition) is 6. The fraction of sp³-hybridized carbons (Fsp3) is 1.00. The molecule has 0 amide bonds. The molecule has 0 atom stereocenters. The third kappa shape index (κ3) is 1.28. The van der Waals surface area contributed by atoms with Crippen molar-refractivity contribution in [2.24, 2.45) is 0 Å². The molecule has 4 aliphatic rings. The summed E-state index contributed by atoms with van der Waals surface area (Å²) in [5, 5.41) is 0. The minimum absolute atomic E-state index is 0.149. The monoisotopic (exact) mass is 232 g/mol. The van der Waals surface area contributed by atoms with Crippen LogP contribution in [0.5, 0.6) is 0 Å². The van der Waals surface area contributed by atoms with E-state index in [4.69, 9.17) is 28.4 Å². The zero-order chi connectivity index (χ0) is 11.3. The molecule has 0 radical (unpaired) electrons. The van der Waals surface area contributed by atoms with Gasteiger partial charge in [-0.3, -0.25) is 0 Å². The molecule has 4 rings (SSSR count). The van der Waals surface area contributed by atoms with Crippen molar-refractivity contribution in [1.82, 2.24) is 0 Å². The van der Waals surface area contributed by atoms with E-state index in [0.29, 0.717) is 0 Å². The number of hydrogen-bond donors (Lipinski definition) is 0. The molecule has 0 aromatic heterocycles. The largest absolute Gasteiger partial charge is 0.376 e. The summed E-state index contributed by atoms with van der Waals surface area (Å²) in [5.41, 5.74) is 0. The van der Waals surface area contributed by atoms with Crippen molar-refractivity contribution in [2.75, 3.05) is 21.3 Å². The van der Waals surface area contributed by atoms with Crippen molar-refractivity contribution < 1.29 is 28.4 Å². The van der Waals surface area contributed by atoms with E-state index < -0.39 is 6.48 Å². The van der Waals surface area contributed by atoms with Crippen molar-refractivity contribution in [3.05, 3.63) is 0 Å². The van der Waals surface area contributed by atoms with Gasteiger partial charge in [0.15, 0.2) is 0 Å². The Kier molecular flexibility index (Phi) is 2.66. The molecule has 1 aliphatic carbocycles. The van der Waals surface area contributed by atoms with E-state index in [0.717, 1.165) is 0 Å². The van der Waals surface area contributed by atoms with Crippen LogP contribution < -0.4 is 0 Å². The number of ether oxygens (including phenoxy) is 6. The summed E-state index contributed by atoms with van der Waals surface area (Å²) in [7, 11) is 4.92. The minimum Gasteiger partial charge on any atom is -0.376 e. The highest BCUT2D eigenvalue weighted by atomic mass is 16.9. The second-order valence-electron chi connectivity index (χ2n) is 4.19. The van der Waals surface area contributed by atoms with Gasteiger partial charge in [-0.25, -0.2) is 0 Å². The van der Waals surface area contributed by atoms with E-state index >= 15 is 0 Å². The van der Waals surface area contributed by atoms with E-state index in [1.54, 1.807) is 21.3 Å². The Morgan fingerprint density at radius 2 is 0.938 bits per heavy atom. The highest BCUT2D eigenvalue weighted by Crippen LogP contribution is 2.42. The van der Waals surface area contributed by atoms with E-state index in [1.165, 1.54) is 0 Å². The standard InChI is InChI=1S/C10H16O6/c1-11-4-7-5(12-2)9-6(13-3)8(4)15-10(14-7)16-9/h4-10H,1-3H3/t4-,5?,6?,7-,8?,9+,10?/m1/s1. The van der Waals surface area contributed by atoms with Crippen molar-refractivity contribution in [3.8, 4) is 0 Å². The van der Waals surface area contributed by atoms with Crippen molar-refractivity contribution in [3.63, 3.8) is 0 Å². The van der Waals surface area contributed by atoms with Crippen LogP contribution in [0, 0.1) is 0 Å². The number of rotatable bonds is 3. The van der Waals surface area contributed by atoms with Crippen LogP contribution in [0.4, 0.5) is 0 Å². The molecule has 0 aromatic rings. The van der Waals surface area contributed by atoms with Gasteiger partial charge in [0, 0.05) is 21.3 Å². The molecule has 0 aromatic carbocycles. The summed E-state index contributed by atoms with van der Waals surface area (Å²) in [6.45, 7) is -0.607. The maximum Gasteiger partial charge on any atom is 0.272 e. The molecule has 4 fully saturated rings. The van der Waals surface area contributed by atoms with Gasteiger partial charge in [-0.05, 0) is 0 Å². The van der Waals surface area contributed by atoms with E-state index in [-0.39, 0.29) is 36.6 Å². The van der Waals surface area contributed by atoms with Gasteiger partial charge in [-0.2, -0.15) is 0 Å². The fourth-order valence-electron chi connectivity index (χ4n) is 2.87. The van der Waals surface area contributed by atoms with Gasteiger partial charge in [0.1, 0.15) is 36.6 Å². The molecular weight excluding hydrogens is 216 g/mol. The molecule has 0 spiro atoms. The molecule has 6 nitrogen and oxygen atoms in total. The smallest absolute Gasteiger partial charge is 0.272 e. The molecule has 1 saturated carbocycles. The lowest BCUT2D eigenvalue weighted by Crippen LogP contribution is -2.76. The molecule has 3 heterocycles. The van der Waals surface area contributed by atoms with Gasteiger partial charge in [-0.15, -0.1) is 0 Å². The van der Waals surface area contributed by atoms with E-state index in [1.807, 2.05) is 0 Å². The first kappa shape index (κ1) is 10.9. The van der Waals surface area contributed by atoms with E-state index in [9.17, 15) is 0 Å². The first-order chi connectivity index (χ1) is 7.80. The molecule has 16 heavy (non-hydrogen) atoms. The summed E-state index contributed by atoms with van der Waals surface area (Å²) in [6.07, 6.45) is -0.972. The summed E-state index contributed by atoms with van der Waals surface area (Å²) in [4.78, 5) is 0. The summed E-state index contributed by atoms with van der Waals surface area (Å²) in [5.74, 6) is 0. The quantitative estimate of drug-likeness (QED) is 0.654. The van der Waals surface area contributed by atoms with Crippen LogP contribution in [-0.4, -0.2) is 64.4 Å². The summed E-state index contributed by atoms with van der Waals surface area (Å²) >= 11 is 0. The maximum absolute atomic E-state index is 5.57. The Morgan fingerprint density at radius 1 is 0.625 bits per heavy atom. The third-order valence-electron chi connectivity index (χ3n) is 3.56. The topological polar surface area (TPSA) is 55.4 Å². The molecule has 6 heteroatoms. The Morgan fingerprint density at radius 3 is 1.19 bits per heavy atom. The normalized spacial score (nSPS) is 54.6. The van der Waals surface area contributed by atoms with Crippen molar-refractivity contribution in [1.29, 1.82) is 0 Å². The van der Waals surface area contributed by atoms with Gasteiger partial charge < -0.3 is 28.4 Å². The second-order valence-corrected chi connectivity index (χ2v) is 4.19. The van der Waals surface area contributed by atoms with Gasteiger partial charge in [0.2, 0.25) is 0 Å². The second kappa shape index (κ2) is 3.90. The van der Waals surface area contributed by atoms with Crippen molar-refractivity contribution in [2.45, 2.75) is 43.1 Å². The average molecular weight is 232 g/mol. The van der Waals surface area contributed by atoms with Crippen LogP contribution >= 0.6 is 0 Å². The molecule has 0 N–H and O–H groups in total. The lowest BCUT2D eigenvalue weighted by molar-refractivity contribution is -0.484. The Balaban J connectivity index is 1.92. The number of methoxy groups -OCH3 is 3. The highest BCUT2D eigenvalue weighted by Gasteiger charge is 2.62. The molecule has 4 bridgehead atoms. The fourth-order valence-corrected chi connectivity index (χ4v) is 2.87. The predicted octanol–water partition coefficient (Wildman–Crippen LogP) is -0.489. The van der Waals surface area contributed by atoms with Crippen LogP contribution in [-0.2, 0) is 28.4 Å². The van der Waals surface area contributed by atoms with Crippen LogP contribution in [0.1, 0.15) is 0 Å². The molecular formula is C10H16O6. The minimum atomic E-state index is -0.607. The molecule has 3 aliphatic heterocycles. The lowest BCUT2D eigenvalue weighted by Gasteiger charge is -2.58. The Hall–Kier alpha value is -0.240. The summed E-state index contributed by atoms with van der Waals surface area (Å²) < 4.78 is 33.0. The predicted molar refractivity (Wildman–Crippen MR) is 50.8 cm³/mol.